The van der Waals surface area contributed by atoms with Gasteiger partial charge in [-0.2, -0.15) is 0 Å². The number of hydrogen-bond acceptors (Lipinski definition) is 3. The first-order chi connectivity index (χ1) is 5.72. The topological polar surface area (TPSA) is 59.1 Å². The Morgan fingerprint density at radius 3 is 2.75 bits per heavy atom. The van der Waals surface area contributed by atoms with Crippen molar-refractivity contribution in [3.05, 3.63) is 21.9 Å². The molecular weight excluding hydrogens is 271 g/mol. The van der Waals surface area contributed by atoms with Gasteiger partial charge in [-0.25, -0.2) is 4.98 Å². The molecule has 0 aliphatic carbocycles. The fourth-order valence-corrected chi connectivity index (χ4v) is 1.26. The van der Waals surface area contributed by atoms with Gasteiger partial charge in [-0.3, -0.25) is 7.86 Å². The molecule has 0 bridgehead atoms. The van der Waals surface area contributed by atoms with Crippen molar-refractivity contribution in [3.8, 4) is 0 Å². The van der Waals surface area contributed by atoms with Gasteiger partial charge in [-0.15, -0.1) is 0 Å². The molecule has 1 N–H and O–H groups in total. The molecule has 4 nitrogen and oxygen atoms in total. The standard InChI is InChI=1S/C7H7IN2O2/c1-5(11)10-7-3-2-6(8-12)4-9-7/h2-4H,1H3,(H,9,10,11). The summed E-state index contributed by atoms with van der Waals surface area (Å²) in [7, 11) is 0. The number of aromatic nitrogens is 1. The monoisotopic (exact) mass is 278 g/mol. The van der Waals surface area contributed by atoms with Crippen molar-refractivity contribution in [2.24, 2.45) is 0 Å². The number of nitrogens with zero attached hydrogens (tertiary/aromatic N) is 1. The van der Waals surface area contributed by atoms with E-state index >= 15 is 0 Å². The zero-order valence-corrected chi connectivity index (χ0v) is 8.53. The maximum atomic E-state index is 10.6. The molecule has 12 heavy (non-hydrogen) atoms. The van der Waals surface area contributed by atoms with Crippen LogP contribution in [0.15, 0.2) is 18.3 Å². The van der Waals surface area contributed by atoms with E-state index in [-0.39, 0.29) is 5.91 Å². The van der Waals surface area contributed by atoms with Gasteiger partial charge in [-0.1, -0.05) is 0 Å². The molecule has 0 fully saturated rings. The van der Waals surface area contributed by atoms with Crippen molar-refractivity contribution in [1.29, 1.82) is 0 Å². The van der Waals surface area contributed by atoms with Crippen molar-refractivity contribution >= 4 is 32.9 Å². The Labute approximate surface area is 80.0 Å². The number of carbonyl (C=O) groups is 1. The van der Waals surface area contributed by atoms with Gasteiger partial charge in [0, 0.05) is 13.1 Å². The predicted molar refractivity (Wildman–Crippen MR) is 51.9 cm³/mol. The van der Waals surface area contributed by atoms with Crippen molar-refractivity contribution in [2.75, 3.05) is 5.32 Å². The summed E-state index contributed by atoms with van der Waals surface area (Å²) < 4.78 is 11.2. The molecule has 1 aromatic rings. The van der Waals surface area contributed by atoms with E-state index in [4.69, 9.17) is 0 Å². The van der Waals surface area contributed by atoms with Gasteiger partial charge >= 0.3 is 0 Å². The average molecular weight is 278 g/mol. The van der Waals surface area contributed by atoms with Gasteiger partial charge in [0.2, 0.25) is 5.91 Å². The summed E-state index contributed by atoms with van der Waals surface area (Å²) >= 11 is -1.15. The second-order valence-corrected chi connectivity index (χ2v) is 3.81. The smallest absolute Gasteiger partial charge is 0.222 e. The third-order valence-electron chi connectivity index (χ3n) is 1.12. The van der Waals surface area contributed by atoms with Crippen LogP contribution in [0.4, 0.5) is 5.82 Å². The third-order valence-corrected chi connectivity index (χ3v) is 2.27. The van der Waals surface area contributed by atoms with Crippen LogP contribution in [0.5, 0.6) is 0 Å². The first kappa shape index (κ1) is 9.24. The molecule has 0 saturated heterocycles. The normalized spacial score (nSPS) is 9.42. The minimum Gasteiger partial charge on any atom is -0.311 e. The van der Waals surface area contributed by atoms with Crippen LogP contribution in [-0.4, -0.2) is 10.9 Å². The third kappa shape index (κ3) is 2.65. The van der Waals surface area contributed by atoms with Crippen LogP contribution < -0.4 is 5.32 Å². The molecule has 0 aliphatic heterocycles. The second kappa shape index (κ2) is 4.24. The summed E-state index contributed by atoms with van der Waals surface area (Å²) in [5.74, 6) is 0.329. The fraction of sp³-hybridized carbons (Fsp3) is 0.143. The first-order valence-electron chi connectivity index (χ1n) is 3.23. The summed E-state index contributed by atoms with van der Waals surface area (Å²) in [5, 5.41) is 2.52. The van der Waals surface area contributed by atoms with Gasteiger partial charge in [0.15, 0.2) is 21.2 Å². The summed E-state index contributed by atoms with van der Waals surface area (Å²) in [6.07, 6.45) is 1.51. The minimum absolute atomic E-state index is 0.160. The lowest BCUT2D eigenvalue weighted by Gasteiger charge is -1.98. The summed E-state index contributed by atoms with van der Waals surface area (Å²) in [6.45, 7) is 1.41. The molecule has 5 heteroatoms. The first-order valence-corrected chi connectivity index (χ1v) is 5.19. The molecule has 0 aliphatic rings. The van der Waals surface area contributed by atoms with Crippen LogP contribution in [0.1, 0.15) is 6.92 Å². The maximum Gasteiger partial charge on any atom is 0.222 e. The summed E-state index contributed by atoms with van der Waals surface area (Å²) in [4.78, 5) is 14.4. The molecule has 0 spiro atoms. The number of pyridine rings is 1. The highest BCUT2D eigenvalue weighted by molar-refractivity contribution is 14.1. The lowest BCUT2D eigenvalue weighted by Crippen LogP contribution is -2.06. The van der Waals surface area contributed by atoms with Crippen LogP contribution in [0, 0.1) is 3.57 Å². The van der Waals surface area contributed by atoms with Gasteiger partial charge < -0.3 is 5.32 Å². The Kier molecular flexibility index (Phi) is 3.27. The van der Waals surface area contributed by atoms with Crippen LogP contribution in [0.2, 0.25) is 0 Å². The molecule has 64 valence electrons. The van der Waals surface area contributed by atoms with E-state index in [0.29, 0.717) is 5.82 Å². The highest BCUT2D eigenvalue weighted by Gasteiger charge is 1.96. The van der Waals surface area contributed by atoms with Crippen LogP contribution in [0.3, 0.4) is 0 Å². The SMILES string of the molecule is CC(=O)Nc1ccc(I=O)cn1. The molecule has 1 amide bonds. The van der Waals surface area contributed by atoms with Gasteiger partial charge in [0.1, 0.15) is 5.82 Å². The van der Waals surface area contributed by atoms with E-state index in [1.165, 1.54) is 13.1 Å². The molecule has 1 aromatic heterocycles. The van der Waals surface area contributed by atoms with Crippen molar-refractivity contribution in [1.82, 2.24) is 4.98 Å². The van der Waals surface area contributed by atoms with Gasteiger partial charge in [0.05, 0.1) is 3.57 Å². The molecule has 1 rings (SSSR count). The van der Waals surface area contributed by atoms with E-state index in [2.05, 4.69) is 10.3 Å². The lowest BCUT2D eigenvalue weighted by atomic mass is 10.4. The summed E-state index contributed by atoms with van der Waals surface area (Å²) in [5.41, 5.74) is 0. The minimum atomic E-state index is -1.15. The highest BCUT2D eigenvalue weighted by atomic mass is 127. The number of rotatable bonds is 2. The van der Waals surface area contributed by atoms with E-state index in [1.54, 1.807) is 12.1 Å². The summed E-state index contributed by atoms with van der Waals surface area (Å²) in [6, 6.07) is 3.33. The molecule has 0 unspecified atom stereocenters. The number of halogens is 1. The lowest BCUT2D eigenvalue weighted by molar-refractivity contribution is -0.114. The van der Waals surface area contributed by atoms with E-state index in [1.807, 2.05) is 0 Å². The number of hydrogen-bond donors (Lipinski definition) is 1. The van der Waals surface area contributed by atoms with Crippen LogP contribution >= 0.6 is 21.2 Å². The number of amides is 1. The molecule has 0 atom stereocenters. The largest absolute Gasteiger partial charge is 0.311 e. The quantitative estimate of drug-likeness (QED) is 0.834. The molecular formula is C7H7IN2O2. The van der Waals surface area contributed by atoms with Gasteiger partial charge in [0.25, 0.3) is 0 Å². The van der Waals surface area contributed by atoms with Crippen molar-refractivity contribution in [2.45, 2.75) is 6.92 Å². The number of anilines is 1. The molecule has 1 heterocycles. The average Bonchev–Trinajstić information content (AvgIpc) is 2.05. The Hall–Kier alpha value is -0.850. The van der Waals surface area contributed by atoms with E-state index < -0.39 is 21.2 Å². The van der Waals surface area contributed by atoms with Crippen molar-refractivity contribution in [3.63, 3.8) is 0 Å². The Morgan fingerprint density at radius 1 is 1.58 bits per heavy atom. The predicted octanol–water partition coefficient (Wildman–Crippen LogP) is 1.53. The van der Waals surface area contributed by atoms with Crippen LogP contribution in [-0.2, 0) is 7.86 Å². The zero-order chi connectivity index (χ0) is 8.97. The second-order valence-electron chi connectivity index (χ2n) is 2.12. The molecule has 0 aromatic carbocycles. The Bertz CT molecular complexity index is 297. The Balaban J connectivity index is 2.77. The highest BCUT2D eigenvalue weighted by Crippen LogP contribution is 2.10. The number of carbonyl (C=O) groups excluding carboxylic acids is 1. The molecule has 0 saturated carbocycles. The van der Waals surface area contributed by atoms with Gasteiger partial charge in [-0.05, 0) is 12.1 Å². The fourth-order valence-electron chi connectivity index (χ4n) is 0.676. The van der Waals surface area contributed by atoms with E-state index in [0.717, 1.165) is 3.57 Å². The number of nitrogens with one attached hydrogen (secondary N) is 1. The Morgan fingerprint density at radius 2 is 2.33 bits per heavy atom. The zero-order valence-electron chi connectivity index (χ0n) is 6.37. The van der Waals surface area contributed by atoms with E-state index in [9.17, 15) is 7.86 Å². The molecule has 0 radical (unpaired) electrons. The maximum absolute atomic E-state index is 10.6. The van der Waals surface area contributed by atoms with Crippen molar-refractivity contribution < 1.29 is 7.86 Å². The van der Waals surface area contributed by atoms with Crippen LogP contribution in [0.25, 0.3) is 0 Å².